The second kappa shape index (κ2) is 8.26. The van der Waals surface area contributed by atoms with E-state index in [1.165, 1.54) is 16.9 Å². The van der Waals surface area contributed by atoms with Crippen LogP contribution in [-0.4, -0.2) is 10.9 Å². The summed E-state index contributed by atoms with van der Waals surface area (Å²) in [5.41, 5.74) is 4.24. The average molecular weight is 398 g/mol. The molecule has 0 spiro atoms. The van der Waals surface area contributed by atoms with Gasteiger partial charge < -0.3 is 0 Å². The molecule has 0 aliphatic heterocycles. The summed E-state index contributed by atoms with van der Waals surface area (Å²) >= 11 is 1.53. The van der Waals surface area contributed by atoms with Crippen molar-refractivity contribution in [2.75, 3.05) is 4.90 Å². The first-order valence-electron chi connectivity index (χ1n) is 9.43. The predicted molar refractivity (Wildman–Crippen MR) is 117 cm³/mol. The highest BCUT2D eigenvalue weighted by atomic mass is 32.1. The van der Waals surface area contributed by atoms with Crippen LogP contribution >= 0.6 is 11.3 Å². The fourth-order valence-electron chi connectivity index (χ4n) is 3.13. The maximum absolute atomic E-state index is 13.4. The second-order valence-electron chi connectivity index (χ2n) is 6.72. The standard InChI is InChI=1S/C24H19N3OS/c1-2-17-10-13-21-22(14-17)29-24(26-21)27(16-19-6-4-3-5-7-19)23(28)20-11-8-18(15-25)9-12-20/h3-14H,2,16H2,1H3. The third-order valence-electron chi connectivity index (χ3n) is 4.77. The van der Waals surface area contributed by atoms with Crippen molar-refractivity contribution in [2.24, 2.45) is 0 Å². The number of hydrogen-bond donors (Lipinski definition) is 0. The van der Waals surface area contributed by atoms with E-state index in [0.29, 0.717) is 22.8 Å². The number of carbonyl (C=O) groups excluding carboxylic acids is 1. The van der Waals surface area contributed by atoms with E-state index in [-0.39, 0.29) is 5.91 Å². The zero-order valence-electron chi connectivity index (χ0n) is 16.0. The zero-order chi connectivity index (χ0) is 20.2. The number of anilines is 1. The molecule has 0 fully saturated rings. The molecule has 0 unspecified atom stereocenters. The molecule has 0 radical (unpaired) electrons. The minimum atomic E-state index is -0.131. The van der Waals surface area contributed by atoms with Gasteiger partial charge in [-0.15, -0.1) is 0 Å². The summed E-state index contributed by atoms with van der Waals surface area (Å²) in [6.45, 7) is 2.55. The molecule has 0 N–H and O–H groups in total. The molecule has 0 saturated heterocycles. The smallest absolute Gasteiger partial charge is 0.260 e. The Kier molecular flexibility index (Phi) is 5.37. The van der Waals surface area contributed by atoms with Crippen LogP contribution in [0.2, 0.25) is 0 Å². The summed E-state index contributed by atoms with van der Waals surface area (Å²) in [5.74, 6) is -0.131. The lowest BCUT2D eigenvalue weighted by Gasteiger charge is -2.20. The number of thiazole rings is 1. The Hall–Kier alpha value is -3.49. The van der Waals surface area contributed by atoms with Crippen molar-refractivity contribution in [1.82, 2.24) is 4.98 Å². The largest absolute Gasteiger partial charge is 0.279 e. The SMILES string of the molecule is CCc1ccc2nc(N(Cc3ccccc3)C(=O)c3ccc(C#N)cc3)sc2c1. The highest BCUT2D eigenvalue weighted by molar-refractivity contribution is 7.22. The topological polar surface area (TPSA) is 57.0 Å². The van der Waals surface area contributed by atoms with Crippen molar-refractivity contribution < 1.29 is 4.79 Å². The van der Waals surface area contributed by atoms with Gasteiger partial charge >= 0.3 is 0 Å². The lowest BCUT2D eigenvalue weighted by atomic mass is 10.1. The van der Waals surface area contributed by atoms with Crippen LogP contribution in [0, 0.1) is 11.3 Å². The van der Waals surface area contributed by atoms with Gasteiger partial charge in [-0.25, -0.2) is 4.98 Å². The van der Waals surface area contributed by atoms with Crippen LogP contribution in [0.25, 0.3) is 10.2 Å². The molecule has 142 valence electrons. The van der Waals surface area contributed by atoms with Crippen molar-refractivity contribution in [2.45, 2.75) is 19.9 Å². The Morgan fingerprint density at radius 2 is 1.79 bits per heavy atom. The van der Waals surface area contributed by atoms with Crippen LogP contribution in [0.15, 0.2) is 72.8 Å². The number of fused-ring (bicyclic) bond motifs is 1. The Labute approximate surface area is 173 Å². The number of rotatable bonds is 5. The Morgan fingerprint density at radius 1 is 1.03 bits per heavy atom. The van der Waals surface area contributed by atoms with Crippen LogP contribution in [0.5, 0.6) is 0 Å². The third-order valence-corrected chi connectivity index (χ3v) is 5.81. The van der Waals surface area contributed by atoms with Crippen LogP contribution in [0.3, 0.4) is 0 Å². The van der Waals surface area contributed by atoms with E-state index < -0.39 is 0 Å². The highest BCUT2D eigenvalue weighted by Gasteiger charge is 2.22. The zero-order valence-corrected chi connectivity index (χ0v) is 16.8. The van der Waals surface area contributed by atoms with Crippen molar-refractivity contribution in [3.8, 4) is 6.07 Å². The molecule has 0 saturated carbocycles. The molecule has 0 bridgehead atoms. The van der Waals surface area contributed by atoms with Gasteiger partial charge in [-0.1, -0.05) is 54.7 Å². The second-order valence-corrected chi connectivity index (χ2v) is 7.73. The van der Waals surface area contributed by atoms with Gasteiger partial charge in [0, 0.05) is 5.56 Å². The molecule has 0 aliphatic carbocycles. The molecule has 4 aromatic rings. The van der Waals surface area contributed by atoms with E-state index >= 15 is 0 Å². The molecular formula is C24H19N3OS. The number of nitrogens with zero attached hydrogens (tertiary/aromatic N) is 3. The third kappa shape index (κ3) is 4.03. The molecule has 29 heavy (non-hydrogen) atoms. The molecule has 0 atom stereocenters. The molecule has 1 aromatic heterocycles. The number of aromatic nitrogens is 1. The van der Waals surface area contributed by atoms with Gasteiger partial charge in [-0.05, 0) is 53.9 Å². The van der Waals surface area contributed by atoms with Gasteiger partial charge in [-0.2, -0.15) is 5.26 Å². The Balaban J connectivity index is 1.75. The van der Waals surface area contributed by atoms with Crippen LogP contribution < -0.4 is 4.90 Å². The van der Waals surface area contributed by atoms with E-state index in [1.807, 2.05) is 36.4 Å². The number of carbonyl (C=O) groups is 1. The number of nitriles is 1. The molecule has 4 nitrogen and oxygen atoms in total. The minimum Gasteiger partial charge on any atom is -0.279 e. The van der Waals surface area contributed by atoms with Gasteiger partial charge in [0.25, 0.3) is 5.91 Å². The van der Waals surface area contributed by atoms with Gasteiger partial charge in [0.2, 0.25) is 0 Å². The molecule has 1 heterocycles. The summed E-state index contributed by atoms with van der Waals surface area (Å²) < 4.78 is 1.07. The quantitative estimate of drug-likeness (QED) is 0.442. The minimum absolute atomic E-state index is 0.131. The lowest BCUT2D eigenvalue weighted by molar-refractivity contribution is 0.0985. The Morgan fingerprint density at radius 3 is 2.48 bits per heavy atom. The van der Waals surface area contributed by atoms with Crippen LogP contribution in [0.1, 0.15) is 34.0 Å². The van der Waals surface area contributed by atoms with Crippen LogP contribution in [0.4, 0.5) is 5.13 Å². The molecule has 3 aromatic carbocycles. The first-order valence-corrected chi connectivity index (χ1v) is 10.2. The summed E-state index contributed by atoms with van der Waals surface area (Å²) in [4.78, 5) is 19.8. The summed E-state index contributed by atoms with van der Waals surface area (Å²) in [5, 5.41) is 9.69. The van der Waals surface area contributed by atoms with E-state index in [2.05, 4.69) is 25.1 Å². The highest BCUT2D eigenvalue weighted by Crippen LogP contribution is 2.31. The predicted octanol–water partition coefficient (Wildman–Crippen LogP) is 5.58. The van der Waals surface area contributed by atoms with Gasteiger partial charge in [0.15, 0.2) is 5.13 Å². The first kappa shape index (κ1) is 18.9. The summed E-state index contributed by atoms with van der Waals surface area (Å²) in [6, 6.07) is 24.9. The lowest BCUT2D eigenvalue weighted by Crippen LogP contribution is -2.30. The number of aryl methyl sites for hydroxylation is 1. The van der Waals surface area contributed by atoms with Crippen molar-refractivity contribution in [1.29, 1.82) is 5.26 Å². The summed E-state index contributed by atoms with van der Waals surface area (Å²) in [6.07, 6.45) is 0.959. The molecule has 1 amide bonds. The fraction of sp³-hybridized carbons (Fsp3) is 0.125. The molecule has 5 heteroatoms. The fourth-order valence-corrected chi connectivity index (χ4v) is 4.15. The summed E-state index contributed by atoms with van der Waals surface area (Å²) in [7, 11) is 0. The van der Waals surface area contributed by atoms with Crippen molar-refractivity contribution in [3.63, 3.8) is 0 Å². The van der Waals surface area contributed by atoms with E-state index in [4.69, 9.17) is 10.2 Å². The molecular weight excluding hydrogens is 378 g/mol. The number of benzene rings is 3. The Bertz CT molecular complexity index is 1190. The van der Waals surface area contributed by atoms with Crippen molar-refractivity contribution >= 4 is 32.6 Å². The number of hydrogen-bond acceptors (Lipinski definition) is 4. The van der Waals surface area contributed by atoms with Gasteiger partial charge in [0.05, 0.1) is 28.4 Å². The van der Waals surface area contributed by atoms with E-state index in [9.17, 15) is 4.79 Å². The molecule has 4 rings (SSSR count). The van der Waals surface area contributed by atoms with E-state index in [1.54, 1.807) is 29.2 Å². The van der Waals surface area contributed by atoms with Crippen molar-refractivity contribution in [3.05, 3.63) is 95.1 Å². The average Bonchev–Trinajstić information content (AvgIpc) is 3.20. The maximum atomic E-state index is 13.4. The first-order chi connectivity index (χ1) is 14.2. The number of amides is 1. The monoisotopic (exact) mass is 397 g/mol. The van der Waals surface area contributed by atoms with E-state index in [0.717, 1.165) is 22.2 Å². The molecule has 0 aliphatic rings. The normalized spacial score (nSPS) is 10.6. The van der Waals surface area contributed by atoms with Crippen LogP contribution in [-0.2, 0) is 13.0 Å². The maximum Gasteiger partial charge on any atom is 0.260 e. The van der Waals surface area contributed by atoms with Gasteiger partial charge in [0.1, 0.15) is 0 Å². The van der Waals surface area contributed by atoms with Gasteiger partial charge in [-0.3, -0.25) is 9.69 Å².